The molecule has 0 saturated heterocycles. The molecular formula is C12H20N2O. The number of unbranched alkanes of at least 4 members (excludes halogenated alkanes) is 1. The molecule has 0 aliphatic heterocycles. The highest BCUT2D eigenvalue weighted by molar-refractivity contribution is 5.27. The van der Waals surface area contributed by atoms with Crippen LogP contribution in [0.1, 0.15) is 25.3 Å². The summed E-state index contributed by atoms with van der Waals surface area (Å²) in [5.74, 6) is 0.829. The number of rotatable bonds is 7. The van der Waals surface area contributed by atoms with Crippen molar-refractivity contribution in [3.8, 4) is 5.75 Å². The van der Waals surface area contributed by atoms with Crippen molar-refractivity contribution >= 4 is 0 Å². The molecule has 3 heteroatoms. The molecule has 0 aliphatic rings. The van der Waals surface area contributed by atoms with E-state index in [0.717, 1.165) is 18.8 Å². The van der Waals surface area contributed by atoms with E-state index in [4.69, 9.17) is 10.5 Å². The van der Waals surface area contributed by atoms with Crippen molar-refractivity contribution in [2.75, 3.05) is 13.3 Å². The van der Waals surface area contributed by atoms with E-state index < -0.39 is 0 Å². The Morgan fingerprint density at radius 2 is 2.00 bits per heavy atom. The van der Waals surface area contributed by atoms with Crippen LogP contribution in [0.25, 0.3) is 0 Å². The van der Waals surface area contributed by atoms with Crippen molar-refractivity contribution in [3.05, 3.63) is 29.8 Å². The maximum Gasteiger partial charge on any atom is 0.137 e. The average Bonchev–Trinajstić information content (AvgIpc) is 2.27. The highest BCUT2D eigenvalue weighted by atomic mass is 16.5. The Morgan fingerprint density at radius 1 is 1.27 bits per heavy atom. The normalized spacial score (nSPS) is 10.3. The molecule has 84 valence electrons. The van der Waals surface area contributed by atoms with Crippen molar-refractivity contribution < 1.29 is 4.74 Å². The molecule has 3 N–H and O–H groups in total. The molecule has 1 aromatic rings. The molecule has 0 saturated carbocycles. The molecule has 0 heterocycles. The van der Waals surface area contributed by atoms with Gasteiger partial charge in [0.15, 0.2) is 0 Å². The van der Waals surface area contributed by atoms with E-state index in [-0.39, 0.29) is 6.73 Å². The van der Waals surface area contributed by atoms with Gasteiger partial charge in [0.05, 0.1) is 0 Å². The van der Waals surface area contributed by atoms with Crippen molar-refractivity contribution in [2.45, 2.75) is 26.3 Å². The van der Waals surface area contributed by atoms with Crippen molar-refractivity contribution in [2.24, 2.45) is 5.73 Å². The Bertz CT molecular complexity index is 259. The lowest BCUT2D eigenvalue weighted by Gasteiger charge is -2.06. The summed E-state index contributed by atoms with van der Waals surface area (Å²) in [6.45, 7) is 4.43. The Labute approximate surface area is 91.6 Å². The minimum Gasteiger partial charge on any atom is -0.479 e. The van der Waals surface area contributed by atoms with Crippen LogP contribution in [0.5, 0.6) is 5.75 Å². The van der Waals surface area contributed by atoms with Gasteiger partial charge in [-0.2, -0.15) is 0 Å². The van der Waals surface area contributed by atoms with Gasteiger partial charge in [0.25, 0.3) is 0 Å². The van der Waals surface area contributed by atoms with E-state index >= 15 is 0 Å². The van der Waals surface area contributed by atoms with Gasteiger partial charge in [-0.15, -0.1) is 0 Å². The fourth-order valence-corrected chi connectivity index (χ4v) is 1.33. The quantitative estimate of drug-likeness (QED) is 0.531. The zero-order chi connectivity index (χ0) is 10.9. The first-order chi connectivity index (χ1) is 7.36. The van der Waals surface area contributed by atoms with Crippen molar-refractivity contribution in [3.63, 3.8) is 0 Å². The Morgan fingerprint density at radius 3 is 2.60 bits per heavy atom. The molecule has 0 fully saturated rings. The minimum atomic E-state index is 0.230. The highest BCUT2D eigenvalue weighted by Crippen LogP contribution is 2.11. The molecule has 0 aromatic heterocycles. The van der Waals surface area contributed by atoms with E-state index in [1.54, 1.807) is 0 Å². The molecule has 1 aromatic carbocycles. The lowest BCUT2D eigenvalue weighted by molar-refractivity contribution is 0.329. The van der Waals surface area contributed by atoms with Gasteiger partial charge in [-0.05, 0) is 30.7 Å². The Hall–Kier alpha value is -1.06. The number of nitrogens with two attached hydrogens (primary N) is 1. The summed E-state index contributed by atoms with van der Waals surface area (Å²) in [5, 5.41) is 3.39. The monoisotopic (exact) mass is 208 g/mol. The minimum absolute atomic E-state index is 0.230. The van der Waals surface area contributed by atoms with Crippen LogP contribution in [0.3, 0.4) is 0 Å². The summed E-state index contributed by atoms with van der Waals surface area (Å²) in [6.07, 6.45) is 2.46. The second-order valence-electron chi connectivity index (χ2n) is 3.49. The third kappa shape index (κ3) is 4.81. The summed E-state index contributed by atoms with van der Waals surface area (Å²) in [7, 11) is 0. The van der Waals surface area contributed by atoms with Gasteiger partial charge >= 0.3 is 0 Å². The maximum atomic E-state index is 5.28. The molecule has 0 spiro atoms. The van der Waals surface area contributed by atoms with Crippen LogP contribution in [-0.4, -0.2) is 13.3 Å². The molecule has 0 bridgehead atoms. The largest absolute Gasteiger partial charge is 0.479 e. The fourth-order valence-electron chi connectivity index (χ4n) is 1.33. The number of hydrogen-bond donors (Lipinski definition) is 2. The van der Waals surface area contributed by atoms with E-state index in [0.29, 0.717) is 0 Å². The van der Waals surface area contributed by atoms with Crippen LogP contribution in [0, 0.1) is 0 Å². The number of nitrogens with one attached hydrogen (secondary N) is 1. The molecule has 0 radical (unpaired) electrons. The fraction of sp³-hybridized carbons (Fsp3) is 0.500. The van der Waals surface area contributed by atoms with Crippen LogP contribution in [0.4, 0.5) is 0 Å². The first-order valence-corrected chi connectivity index (χ1v) is 5.49. The zero-order valence-electron chi connectivity index (χ0n) is 9.33. The summed E-state index contributed by atoms with van der Waals surface area (Å²) < 4.78 is 5.16. The smallest absolute Gasteiger partial charge is 0.137 e. The van der Waals surface area contributed by atoms with Gasteiger partial charge in [0, 0.05) is 6.54 Å². The van der Waals surface area contributed by atoms with Crippen LogP contribution in [0.2, 0.25) is 0 Å². The summed E-state index contributed by atoms with van der Waals surface area (Å²) in [4.78, 5) is 0. The lowest BCUT2D eigenvalue weighted by atomic mass is 10.2. The summed E-state index contributed by atoms with van der Waals surface area (Å²) in [6, 6.07) is 8.02. The molecule has 1 rings (SSSR count). The van der Waals surface area contributed by atoms with E-state index in [1.807, 2.05) is 12.1 Å². The molecular weight excluding hydrogens is 188 g/mol. The van der Waals surface area contributed by atoms with Crippen molar-refractivity contribution in [1.29, 1.82) is 0 Å². The van der Waals surface area contributed by atoms with E-state index in [9.17, 15) is 0 Å². The molecule has 15 heavy (non-hydrogen) atoms. The first kappa shape index (κ1) is 12.0. The Kier molecular flexibility index (Phi) is 5.81. The van der Waals surface area contributed by atoms with Crippen LogP contribution < -0.4 is 15.8 Å². The van der Waals surface area contributed by atoms with Crippen LogP contribution in [-0.2, 0) is 6.54 Å². The van der Waals surface area contributed by atoms with Gasteiger partial charge < -0.3 is 10.1 Å². The summed E-state index contributed by atoms with van der Waals surface area (Å²) >= 11 is 0. The molecule has 0 unspecified atom stereocenters. The highest BCUT2D eigenvalue weighted by Gasteiger charge is 1.94. The van der Waals surface area contributed by atoms with Gasteiger partial charge in [-0.25, -0.2) is 0 Å². The first-order valence-electron chi connectivity index (χ1n) is 5.49. The van der Waals surface area contributed by atoms with Gasteiger partial charge in [-0.1, -0.05) is 25.5 Å². The maximum absolute atomic E-state index is 5.28. The SMILES string of the molecule is CCCCNCc1ccc(OCN)cc1. The van der Waals surface area contributed by atoms with Gasteiger partial charge in [0.1, 0.15) is 12.5 Å². The number of hydrogen-bond acceptors (Lipinski definition) is 3. The number of ether oxygens (including phenoxy) is 1. The van der Waals surface area contributed by atoms with Gasteiger partial charge in [-0.3, -0.25) is 5.73 Å². The predicted octanol–water partition coefficient (Wildman–Crippen LogP) is 1.87. The molecule has 0 aliphatic carbocycles. The second kappa shape index (κ2) is 7.26. The molecule has 3 nitrogen and oxygen atoms in total. The second-order valence-corrected chi connectivity index (χ2v) is 3.49. The molecule has 0 atom stereocenters. The topological polar surface area (TPSA) is 47.3 Å². The Balaban J connectivity index is 2.29. The third-order valence-electron chi connectivity index (χ3n) is 2.21. The molecule has 0 amide bonds. The van der Waals surface area contributed by atoms with E-state index in [1.165, 1.54) is 18.4 Å². The van der Waals surface area contributed by atoms with E-state index in [2.05, 4.69) is 24.4 Å². The summed E-state index contributed by atoms with van der Waals surface area (Å²) in [5.41, 5.74) is 6.55. The standard InChI is InChI=1S/C12H20N2O/c1-2-3-8-14-9-11-4-6-12(7-5-11)15-10-13/h4-7,14H,2-3,8-10,13H2,1H3. The predicted molar refractivity (Wildman–Crippen MR) is 62.7 cm³/mol. The van der Waals surface area contributed by atoms with Crippen LogP contribution >= 0.6 is 0 Å². The zero-order valence-corrected chi connectivity index (χ0v) is 9.33. The number of benzene rings is 1. The lowest BCUT2D eigenvalue weighted by Crippen LogP contribution is -2.14. The van der Waals surface area contributed by atoms with Crippen molar-refractivity contribution in [1.82, 2.24) is 5.32 Å². The van der Waals surface area contributed by atoms with Gasteiger partial charge in [0.2, 0.25) is 0 Å². The van der Waals surface area contributed by atoms with Crippen LogP contribution in [0.15, 0.2) is 24.3 Å². The average molecular weight is 208 g/mol. The third-order valence-corrected chi connectivity index (χ3v) is 2.21.